The monoisotopic (exact) mass is 1220 g/mol. The number of likely N-dealkylation sites (N-methyl/N-ethyl adjacent to an activating group) is 4. The summed E-state index contributed by atoms with van der Waals surface area (Å²) < 4.78 is 34.3. The van der Waals surface area contributed by atoms with Crippen LogP contribution in [0.15, 0.2) is 73.3 Å². The van der Waals surface area contributed by atoms with E-state index in [2.05, 4.69) is 19.9 Å². The maximum absolute atomic E-state index is 15.1. The van der Waals surface area contributed by atoms with Gasteiger partial charge in [0.25, 0.3) is 23.6 Å². The fourth-order valence-electron chi connectivity index (χ4n) is 10.1. The van der Waals surface area contributed by atoms with Crippen molar-refractivity contribution in [2.24, 2.45) is 23.7 Å². The SMILES string of the molecule is COc1cnc(C(O)c2ccc(C[C@H]3OC(=O)[C@H](CC(C)C)N(C)C(=O)[C@@H](C)OC(=O)[C@H](CC(C)C)N(C)C(=O)[C@@H](Cc4ccc(C(O)c5cnc(OC)cn5)cc4)OC(=O)[C@H](CC(C)C)N(C)C(=O)[C@@H](C)OC(=O)[C@H](CC(C)C)N(C)C3=O)cc2)cn1. The Hall–Kier alpha value is -8.12. The standard InChI is InChI=1S/C64H88N8O16/c1-35(2)25-47-61(79)85-39(9)57(75)69(11)50(28-38(7)8)64(82)88-52(30-42-19-23-44(24-20-42)56(74)46-32-68-54(84-16)34-66-46)60(78)72(14)48(26-36(3)4)62(80)86-40(10)58(76)70(12)49(27-37(5)6)63(81)87-51(59(77)71(47)13)29-41-17-21-43(22-18-41)55(73)45-31-67-53(83-15)33-65-45/h17-24,31-40,47-52,55-56,73-74H,25-30H2,1-16H3/t39-,40-,47+,48+,49+,50+,51-,52-,55?,56?/m1/s1. The maximum atomic E-state index is 15.1. The molecule has 0 aliphatic carbocycles. The molecule has 2 unspecified atom stereocenters. The number of nitrogens with zero attached hydrogens (tertiary/aromatic N) is 8. The molecule has 0 bridgehead atoms. The van der Waals surface area contributed by atoms with Crippen LogP contribution in [0.3, 0.4) is 0 Å². The number of aliphatic hydroxyl groups excluding tert-OH is 2. The summed E-state index contributed by atoms with van der Waals surface area (Å²) >= 11 is 0. The molecule has 0 saturated carbocycles. The summed E-state index contributed by atoms with van der Waals surface area (Å²) in [6, 6.07) is 7.46. The van der Waals surface area contributed by atoms with Crippen molar-refractivity contribution in [3.8, 4) is 11.8 Å². The number of hydrogen-bond donors (Lipinski definition) is 2. The third-order valence-corrected chi connectivity index (χ3v) is 15.2. The van der Waals surface area contributed by atoms with Crippen LogP contribution < -0.4 is 9.47 Å². The van der Waals surface area contributed by atoms with Crippen molar-refractivity contribution >= 4 is 47.5 Å². The van der Waals surface area contributed by atoms with E-state index in [9.17, 15) is 39.0 Å². The molecule has 1 fully saturated rings. The van der Waals surface area contributed by atoms with Crippen LogP contribution >= 0.6 is 0 Å². The predicted octanol–water partition coefficient (Wildman–Crippen LogP) is 5.43. The van der Waals surface area contributed by atoms with E-state index in [1.54, 1.807) is 48.5 Å². The lowest BCUT2D eigenvalue weighted by Crippen LogP contribution is -2.55. The first-order chi connectivity index (χ1) is 41.5. The average Bonchev–Trinajstić information content (AvgIpc) is 3.24. The molecule has 5 rings (SSSR count). The molecule has 1 aliphatic rings. The largest absolute Gasteiger partial charge is 0.480 e. The van der Waals surface area contributed by atoms with E-state index >= 15 is 9.59 Å². The molecule has 88 heavy (non-hydrogen) atoms. The summed E-state index contributed by atoms with van der Waals surface area (Å²) in [5.41, 5.74) is 2.24. The quantitative estimate of drug-likeness (QED) is 0.0927. The first-order valence-corrected chi connectivity index (χ1v) is 29.6. The van der Waals surface area contributed by atoms with Gasteiger partial charge in [-0.1, -0.05) is 104 Å². The van der Waals surface area contributed by atoms with E-state index in [4.69, 9.17) is 28.4 Å². The molecule has 3 heterocycles. The highest BCUT2D eigenvalue weighted by atomic mass is 16.6. The minimum absolute atomic E-state index is 0.0218. The molecule has 0 spiro atoms. The van der Waals surface area contributed by atoms with Gasteiger partial charge in [0.1, 0.15) is 36.4 Å². The van der Waals surface area contributed by atoms with Gasteiger partial charge < -0.3 is 58.2 Å². The van der Waals surface area contributed by atoms with Gasteiger partial charge in [-0.05, 0) is 85.5 Å². The van der Waals surface area contributed by atoms with E-state index < -0.39 is 108 Å². The van der Waals surface area contributed by atoms with Crippen molar-refractivity contribution < 1.29 is 77.0 Å². The number of aliphatic hydroxyl groups is 2. The van der Waals surface area contributed by atoms with Crippen LogP contribution in [-0.2, 0) is 70.1 Å². The van der Waals surface area contributed by atoms with Gasteiger partial charge in [0.2, 0.25) is 11.8 Å². The maximum Gasteiger partial charge on any atom is 0.329 e. The molecular formula is C64H88N8O16. The van der Waals surface area contributed by atoms with Crippen molar-refractivity contribution in [3.05, 3.63) is 107 Å². The number of aromatic nitrogens is 4. The summed E-state index contributed by atoms with van der Waals surface area (Å²) in [6.45, 7) is 17.2. The van der Waals surface area contributed by atoms with Gasteiger partial charge in [-0.2, -0.15) is 0 Å². The van der Waals surface area contributed by atoms with Crippen molar-refractivity contribution in [2.45, 2.75) is 169 Å². The Morgan fingerprint density at radius 3 is 0.943 bits per heavy atom. The van der Waals surface area contributed by atoms with Crippen molar-refractivity contribution in [2.75, 3.05) is 42.4 Å². The van der Waals surface area contributed by atoms with Gasteiger partial charge >= 0.3 is 23.9 Å². The molecule has 4 aromatic rings. The lowest BCUT2D eigenvalue weighted by molar-refractivity contribution is -0.176. The normalized spacial score (nSPS) is 22.8. The zero-order chi connectivity index (χ0) is 65.4. The molecule has 480 valence electrons. The zero-order valence-corrected chi connectivity index (χ0v) is 53.4. The van der Waals surface area contributed by atoms with E-state index in [1.807, 2.05) is 55.4 Å². The van der Waals surface area contributed by atoms with Crippen LogP contribution in [0, 0.1) is 23.7 Å². The van der Waals surface area contributed by atoms with E-state index in [0.717, 1.165) is 19.6 Å². The smallest absolute Gasteiger partial charge is 0.329 e. The molecule has 2 N–H and O–H groups in total. The Labute approximate surface area is 515 Å². The van der Waals surface area contributed by atoms with Gasteiger partial charge in [0.15, 0.2) is 24.4 Å². The minimum Gasteiger partial charge on any atom is -0.480 e. The number of hydrogen-bond acceptors (Lipinski definition) is 20. The number of methoxy groups -OCH3 is 2. The summed E-state index contributed by atoms with van der Waals surface area (Å²) in [7, 11) is 8.24. The number of esters is 4. The Kier molecular flexibility index (Phi) is 25.9. The third kappa shape index (κ3) is 18.9. The van der Waals surface area contributed by atoms with E-state index in [-0.39, 0.29) is 85.3 Å². The van der Waals surface area contributed by atoms with Gasteiger partial charge in [-0.3, -0.25) is 29.1 Å². The highest BCUT2D eigenvalue weighted by Gasteiger charge is 2.43. The molecule has 1 aliphatic heterocycles. The fourth-order valence-corrected chi connectivity index (χ4v) is 10.1. The second kappa shape index (κ2) is 32.2. The van der Waals surface area contributed by atoms with Crippen molar-refractivity contribution in [1.29, 1.82) is 0 Å². The van der Waals surface area contributed by atoms with Crippen LogP contribution in [0.2, 0.25) is 0 Å². The van der Waals surface area contributed by atoms with E-state index in [1.165, 1.54) is 81.0 Å². The van der Waals surface area contributed by atoms with Crippen LogP contribution in [0.25, 0.3) is 0 Å². The summed E-state index contributed by atoms with van der Waals surface area (Å²) in [5.74, 6) is -7.70. The first-order valence-electron chi connectivity index (χ1n) is 29.6. The number of rotatable bonds is 18. The summed E-state index contributed by atoms with van der Waals surface area (Å²) in [6.07, 6.45) is -3.75. The molecule has 24 nitrogen and oxygen atoms in total. The van der Waals surface area contributed by atoms with Gasteiger partial charge in [0.05, 0.1) is 50.4 Å². The number of benzene rings is 2. The van der Waals surface area contributed by atoms with Gasteiger partial charge in [-0.15, -0.1) is 0 Å². The second-order valence-electron chi connectivity index (χ2n) is 24.1. The lowest BCUT2D eigenvalue weighted by Gasteiger charge is -2.35. The Bertz CT molecular complexity index is 2780. The number of ether oxygens (including phenoxy) is 6. The van der Waals surface area contributed by atoms with Gasteiger partial charge in [0, 0.05) is 41.0 Å². The van der Waals surface area contributed by atoms with Crippen LogP contribution in [-0.4, -0.2) is 188 Å². The summed E-state index contributed by atoms with van der Waals surface area (Å²) in [5, 5.41) is 22.4. The molecule has 24 heteroatoms. The zero-order valence-electron chi connectivity index (χ0n) is 53.4. The molecule has 0 radical (unpaired) electrons. The lowest BCUT2D eigenvalue weighted by atomic mass is 9.99. The van der Waals surface area contributed by atoms with E-state index in [0.29, 0.717) is 22.3 Å². The Balaban J connectivity index is 1.59. The minimum atomic E-state index is -1.64. The molecular weight excluding hydrogens is 1140 g/mol. The first kappa shape index (κ1) is 70.6. The molecule has 1 saturated heterocycles. The second-order valence-corrected chi connectivity index (χ2v) is 24.1. The van der Waals surface area contributed by atoms with Crippen LogP contribution in [0.1, 0.15) is 141 Å². The Morgan fingerprint density at radius 2 is 0.693 bits per heavy atom. The molecule has 4 amide bonds. The highest BCUT2D eigenvalue weighted by Crippen LogP contribution is 2.28. The van der Waals surface area contributed by atoms with Crippen molar-refractivity contribution in [1.82, 2.24) is 39.5 Å². The molecule has 10 atom stereocenters. The molecule has 2 aromatic heterocycles. The highest BCUT2D eigenvalue weighted by molar-refractivity contribution is 5.94. The predicted molar refractivity (Wildman–Crippen MR) is 321 cm³/mol. The summed E-state index contributed by atoms with van der Waals surface area (Å²) in [4.78, 5) is 139. The Morgan fingerprint density at radius 1 is 0.420 bits per heavy atom. The fraction of sp³-hybridized carbons (Fsp3) is 0.562. The topological polar surface area (TPSA) is 297 Å². The van der Waals surface area contributed by atoms with Gasteiger partial charge in [-0.25, -0.2) is 29.1 Å². The average molecular weight is 1230 g/mol. The number of amides is 4. The number of carbonyl (C=O) groups excluding carboxylic acids is 8. The van der Waals surface area contributed by atoms with Crippen LogP contribution in [0.4, 0.5) is 0 Å². The molecule has 2 aromatic carbocycles. The number of cyclic esters (lactones) is 4. The number of carbonyl (C=O) groups is 8. The van der Waals surface area contributed by atoms with Crippen molar-refractivity contribution in [3.63, 3.8) is 0 Å². The third-order valence-electron chi connectivity index (χ3n) is 15.2. The van der Waals surface area contributed by atoms with Crippen LogP contribution in [0.5, 0.6) is 11.8 Å².